The van der Waals surface area contributed by atoms with Crippen LogP contribution in [0, 0.1) is 0 Å². The first-order chi connectivity index (χ1) is 4.74. The van der Waals surface area contributed by atoms with E-state index in [0.29, 0.717) is 15.1 Å². The fourth-order valence-corrected chi connectivity index (χ4v) is 1.34. The summed E-state index contributed by atoms with van der Waals surface area (Å²) in [6, 6.07) is 4.91. The van der Waals surface area contributed by atoms with Crippen molar-refractivity contribution in [3.8, 4) is 0 Å². The van der Waals surface area contributed by atoms with E-state index in [9.17, 15) is 4.79 Å². The van der Waals surface area contributed by atoms with Crippen molar-refractivity contribution in [3.63, 3.8) is 0 Å². The van der Waals surface area contributed by atoms with Crippen molar-refractivity contribution in [3.05, 3.63) is 33.3 Å². The largest absolute Gasteiger partial charge is 0.285 e. The van der Waals surface area contributed by atoms with Gasteiger partial charge in [-0.1, -0.05) is 11.6 Å². The molecule has 0 aliphatic heterocycles. The van der Waals surface area contributed by atoms with E-state index in [4.69, 9.17) is 11.6 Å². The average molecular weight is 218 g/mol. The van der Waals surface area contributed by atoms with Gasteiger partial charge in [-0.05, 0) is 34.1 Å². The maximum Gasteiger partial charge on any atom is 0.234 e. The molecule has 3 heteroatoms. The Hall–Kier alpha value is -0.340. The summed E-state index contributed by atoms with van der Waals surface area (Å²) in [4.78, 5) is 10.1. The Morgan fingerprint density at radius 3 is 2.70 bits per heavy atom. The lowest BCUT2D eigenvalue weighted by molar-refractivity contribution is 0.562. The second-order valence-electron chi connectivity index (χ2n) is 1.73. The molecule has 51 valence electrons. The second-order valence-corrected chi connectivity index (χ2v) is 3.02. The molecule has 1 nitrogen and oxygen atoms in total. The molecule has 0 fully saturated rings. The van der Waals surface area contributed by atoms with Gasteiger partial charge in [0.2, 0.25) is 6.29 Å². The van der Waals surface area contributed by atoms with Crippen molar-refractivity contribution in [2.24, 2.45) is 0 Å². The van der Waals surface area contributed by atoms with Crippen LogP contribution >= 0.6 is 27.5 Å². The molecular formula is C7H3BrClO. The molecule has 0 aliphatic rings. The minimum atomic E-state index is 0.490. The van der Waals surface area contributed by atoms with E-state index in [1.807, 2.05) is 0 Å². The molecule has 0 amide bonds. The summed E-state index contributed by atoms with van der Waals surface area (Å²) in [5.74, 6) is 0. The van der Waals surface area contributed by atoms with Crippen LogP contribution in [-0.4, -0.2) is 6.29 Å². The molecule has 1 aromatic rings. The molecule has 0 bridgehead atoms. The maximum absolute atomic E-state index is 10.1. The van der Waals surface area contributed by atoms with Crippen molar-refractivity contribution < 1.29 is 4.79 Å². The molecule has 10 heavy (non-hydrogen) atoms. The third kappa shape index (κ3) is 1.58. The quantitative estimate of drug-likeness (QED) is 0.708. The van der Waals surface area contributed by atoms with E-state index in [1.54, 1.807) is 24.5 Å². The van der Waals surface area contributed by atoms with Crippen molar-refractivity contribution in [1.82, 2.24) is 0 Å². The Bertz CT molecular complexity index is 260. The second kappa shape index (κ2) is 3.17. The van der Waals surface area contributed by atoms with Gasteiger partial charge in [0.1, 0.15) is 0 Å². The summed E-state index contributed by atoms with van der Waals surface area (Å²) in [5.41, 5.74) is 0.490. The minimum absolute atomic E-state index is 0.490. The van der Waals surface area contributed by atoms with Gasteiger partial charge in [-0.15, -0.1) is 0 Å². The van der Waals surface area contributed by atoms with Gasteiger partial charge in [0, 0.05) is 15.1 Å². The van der Waals surface area contributed by atoms with Gasteiger partial charge in [-0.25, -0.2) is 0 Å². The van der Waals surface area contributed by atoms with Crippen molar-refractivity contribution in [2.75, 3.05) is 0 Å². The molecule has 1 radical (unpaired) electrons. The van der Waals surface area contributed by atoms with Crippen molar-refractivity contribution >= 4 is 33.8 Å². The fourth-order valence-electron chi connectivity index (χ4n) is 0.572. The number of rotatable bonds is 1. The average Bonchev–Trinajstić information content (AvgIpc) is 1.88. The number of carbonyl (C=O) groups excluding carboxylic acids is 1. The van der Waals surface area contributed by atoms with Crippen LogP contribution in [0.2, 0.25) is 5.02 Å². The summed E-state index contributed by atoms with van der Waals surface area (Å²) < 4.78 is 0.676. The monoisotopic (exact) mass is 217 g/mol. The van der Waals surface area contributed by atoms with E-state index in [1.165, 1.54) is 0 Å². The Morgan fingerprint density at radius 1 is 1.50 bits per heavy atom. The van der Waals surface area contributed by atoms with Gasteiger partial charge >= 0.3 is 0 Å². The van der Waals surface area contributed by atoms with Crippen LogP contribution in [-0.2, 0) is 4.79 Å². The fraction of sp³-hybridized carbons (Fsp3) is 0. The van der Waals surface area contributed by atoms with Crippen LogP contribution in [0.25, 0.3) is 0 Å². The zero-order chi connectivity index (χ0) is 7.56. The molecule has 0 aliphatic carbocycles. The predicted octanol–water partition coefficient (Wildman–Crippen LogP) is 2.56. The number of hydrogen-bond donors (Lipinski definition) is 0. The molecule has 0 unspecified atom stereocenters. The third-order valence-corrected chi connectivity index (χ3v) is 1.93. The number of benzene rings is 1. The van der Waals surface area contributed by atoms with Gasteiger partial charge in [-0.2, -0.15) is 0 Å². The summed E-state index contributed by atoms with van der Waals surface area (Å²) in [6.45, 7) is 0. The van der Waals surface area contributed by atoms with Gasteiger partial charge < -0.3 is 0 Å². The van der Waals surface area contributed by atoms with E-state index < -0.39 is 0 Å². The highest BCUT2D eigenvalue weighted by Crippen LogP contribution is 2.19. The van der Waals surface area contributed by atoms with Crippen LogP contribution in [0.4, 0.5) is 0 Å². The first-order valence-electron chi connectivity index (χ1n) is 2.57. The van der Waals surface area contributed by atoms with Gasteiger partial charge in [0.05, 0.1) is 0 Å². The van der Waals surface area contributed by atoms with E-state index >= 15 is 0 Å². The molecule has 1 rings (SSSR count). The van der Waals surface area contributed by atoms with Crippen LogP contribution in [0.3, 0.4) is 0 Å². The van der Waals surface area contributed by atoms with Gasteiger partial charge in [-0.3, -0.25) is 4.79 Å². The zero-order valence-corrected chi connectivity index (χ0v) is 7.24. The van der Waals surface area contributed by atoms with Gasteiger partial charge in [0.15, 0.2) is 0 Å². The zero-order valence-electron chi connectivity index (χ0n) is 4.90. The first kappa shape index (κ1) is 7.76. The SMILES string of the molecule is O=[C]c1ccc(Cl)cc1Br. The molecule has 0 heterocycles. The minimum Gasteiger partial charge on any atom is -0.285 e. The highest BCUT2D eigenvalue weighted by Gasteiger charge is 1.97. The summed E-state index contributed by atoms with van der Waals surface area (Å²) in [6.07, 6.45) is 1.77. The Labute approximate surface area is 72.1 Å². The Kier molecular flexibility index (Phi) is 2.46. The molecule has 1 aromatic carbocycles. The van der Waals surface area contributed by atoms with Crippen molar-refractivity contribution in [1.29, 1.82) is 0 Å². The van der Waals surface area contributed by atoms with E-state index in [-0.39, 0.29) is 0 Å². The van der Waals surface area contributed by atoms with E-state index in [2.05, 4.69) is 15.9 Å². The molecule has 0 atom stereocenters. The number of halogens is 2. The normalized spacial score (nSPS) is 9.40. The van der Waals surface area contributed by atoms with Crippen LogP contribution in [0.15, 0.2) is 22.7 Å². The standard InChI is InChI=1S/C7H3BrClO/c8-7-3-6(9)2-1-5(7)4-10/h1-3H. The van der Waals surface area contributed by atoms with Crippen LogP contribution in [0.5, 0.6) is 0 Å². The van der Waals surface area contributed by atoms with Crippen LogP contribution in [0.1, 0.15) is 5.56 Å². The Morgan fingerprint density at radius 2 is 2.20 bits per heavy atom. The number of hydrogen-bond acceptors (Lipinski definition) is 1. The molecule has 0 N–H and O–H groups in total. The highest BCUT2D eigenvalue weighted by molar-refractivity contribution is 9.10. The molecular weight excluding hydrogens is 215 g/mol. The summed E-state index contributed by atoms with van der Waals surface area (Å²) >= 11 is 8.77. The van der Waals surface area contributed by atoms with E-state index in [0.717, 1.165) is 0 Å². The van der Waals surface area contributed by atoms with Crippen LogP contribution < -0.4 is 0 Å². The molecule has 0 saturated heterocycles. The maximum atomic E-state index is 10.1. The first-order valence-corrected chi connectivity index (χ1v) is 3.74. The lowest BCUT2D eigenvalue weighted by atomic mass is 10.2. The van der Waals surface area contributed by atoms with Gasteiger partial charge in [0.25, 0.3) is 0 Å². The summed E-state index contributed by atoms with van der Waals surface area (Å²) in [7, 11) is 0. The molecule has 0 aromatic heterocycles. The lowest BCUT2D eigenvalue weighted by Crippen LogP contribution is -1.80. The topological polar surface area (TPSA) is 17.1 Å². The highest BCUT2D eigenvalue weighted by atomic mass is 79.9. The third-order valence-electron chi connectivity index (χ3n) is 1.04. The Balaban J connectivity index is 3.19. The molecule has 0 saturated carbocycles. The smallest absolute Gasteiger partial charge is 0.234 e. The van der Waals surface area contributed by atoms with Crippen molar-refractivity contribution in [2.45, 2.75) is 0 Å². The lowest BCUT2D eigenvalue weighted by Gasteiger charge is -1.93. The predicted molar refractivity (Wildman–Crippen MR) is 43.9 cm³/mol. The summed E-state index contributed by atoms with van der Waals surface area (Å²) in [5, 5.41) is 0.603. The molecule has 0 spiro atoms.